The molecule has 2 aliphatic carbocycles. The minimum absolute atomic E-state index is 0.198. The van der Waals surface area contributed by atoms with Crippen molar-refractivity contribution in [1.82, 2.24) is 0 Å². The number of rotatable bonds is 0. The van der Waals surface area contributed by atoms with Crippen molar-refractivity contribution in [3.63, 3.8) is 0 Å². The highest BCUT2D eigenvalue weighted by atomic mass is 16.3. The van der Waals surface area contributed by atoms with E-state index in [-0.39, 0.29) is 6.10 Å². The van der Waals surface area contributed by atoms with Crippen molar-refractivity contribution < 1.29 is 5.11 Å². The van der Waals surface area contributed by atoms with Gasteiger partial charge >= 0.3 is 0 Å². The average molecular weight is 180 g/mol. The van der Waals surface area contributed by atoms with Crippen LogP contribution in [-0.4, -0.2) is 11.2 Å². The molecule has 1 nitrogen and oxygen atoms in total. The highest BCUT2D eigenvalue weighted by Crippen LogP contribution is 2.49. The fourth-order valence-corrected chi connectivity index (χ4v) is 3.19. The molecule has 0 aromatic carbocycles. The Bertz CT molecular complexity index is 221. The van der Waals surface area contributed by atoms with Crippen LogP contribution in [0, 0.1) is 17.3 Å². The van der Waals surface area contributed by atoms with Crippen LogP contribution in [0.15, 0.2) is 12.2 Å². The molecule has 0 heterocycles. The molecule has 0 aromatic heterocycles. The third-order valence-corrected chi connectivity index (χ3v) is 4.18. The second-order valence-electron chi connectivity index (χ2n) is 5.07. The van der Waals surface area contributed by atoms with Gasteiger partial charge < -0.3 is 5.11 Å². The zero-order chi connectivity index (χ0) is 9.47. The smallest absolute Gasteiger partial charge is 0.0749 e. The summed E-state index contributed by atoms with van der Waals surface area (Å²) in [5.41, 5.74) is 0.386. The van der Waals surface area contributed by atoms with E-state index < -0.39 is 0 Å². The lowest BCUT2D eigenvalue weighted by atomic mass is 9.59. The molecule has 74 valence electrons. The molecule has 0 aromatic rings. The van der Waals surface area contributed by atoms with Gasteiger partial charge in [-0.1, -0.05) is 38.8 Å². The third-order valence-electron chi connectivity index (χ3n) is 4.18. The van der Waals surface area contributed by atoms with Crippen LogP contribution in [0.1, 0.15) is 39.5 Å². The van der Waals surface area contributed by atoms with E-state index in [0.717, 1.165) is 0 Å². The van der Waals surface area contributed by atoms with Crippen molar-refractivity contribution in [2.24, 2.45) is 17.3 Å². The number of hydrogen-bond acceptors (Lipinski definition) is 1. The maximum absolute atomic E-state index is 9.74. The van der Waals surface area contributed by atoms with Crippen molar-refractivity contribution in [2.75, 3.05) is 0 Å². The summed E-state index contributed by atoms with van der Waals surface area (Å²) in [4.78, 5) is 0. The Balaban J connectivity index is 2.26. The lowest BCUT2D eigenvalue weighted by molar-refractivity contribution is 0.0295. The number of fused-ring (bicyclic) bond motifs is 1. The van der Waals surface area contributed by atoms with E-state index in [1.165, 1.54) is 25.7 Å². The molecule has 13 heavy (non-hydrogen) atoms. The van der Waals surface area contributed by atoms with E-state index in [2.05, 4.69) is 19.9 Å². The van der Waals surface area contributed by atoms with Gasteiger partial charge in [-0.15, -0.1) is 0 Å². The van der Waals surface area contributed by atoms with Gasteiger partial charge in [0, 0.05) is 0 Å². The lowest BCUT2D eigenvalue weighted by Crippen LogP contribution is -2.41. The van der Waals surface area contributed by atoms with Gasteiger partial charge in [-0.2, -0.15) is 0 Å². The molecule has 0 amide bonds. The Morgan fingerprint density at radius 1 is 1.38 bits per heavy atom. The summed E-state index contributed by atoms with van der Waals surface area (Å²) in [5, 5.41) is 9.74. The summed E-state index contributed by atoms with van der Waals surface area (Å²) in [6.45, 7) is 4.55. The topological polar surface area (TPSA) is 20.2 Å². The second kappa shape index (κ2) is 3.13. The quantitative estimate of drug-likeness (QED) is 0.568. The number of allylic oxidation sites excluding steroid dienone is 1. The largest absolute Gasteiger partial charge is 0.389 e. The molecule has 0 radical (unpaired) electrons. The van der Waals surface area contributed by atoms with Crippen LogP contribution in [-0.2, 0) is 0 Å². The predicted octanol–water partition coefficient (Wildman–Crippen LogP) is 2.75. The van der Waals surface area contributed by atoms with Crippen molar-refractivity contribution in [1.29, 1.82) is 0 Å². The number of aliphatic hydroxyl groups excluding tert-OH is 1. The first-order chi connectivity index (χ1) is 6.13. The highest BCUT2D eigenvalue weighted by Gasteiger charge is 2.41. The first-order valence-electron chi connectivity index (χ1n) is 5.51. The maximum Gasteiger partial charge on any atom is 0.0749 e. The Morgan fingerprint density at radius 3 is 2.92 bits per heavy atom. The van der Waals surface area contributed by atoms with E-state index in [0.29, 0.717) is 17.3 Å². The van der Waals surface area contributed by atoms with Crippen molar-refractivity contribution in [3.05, 3.63) is 12.2 Å². The van der Waals surface area contributed by atoms with Gasteiger partial charge in [0.15, 0.2) is 0 Å². The van der Waals surface area contributed by atoms with E-state index in [4.69, 9.17) is 0 Å². The molecule has 0 bridgehead atoms. The van der Waals surface area contributed by atoms with Crippen LogP contribution in [0.5, 0.6) is 0 Å². The molecular weight excluding hydrogens is 160 g/mol. The van der Waals surface area contributed by atoms with E-state index in [1.54, 1.807) is 0 Å². The standard InChI is InChI=1S/C12H20O/c1-9-10-5-3-4-7-12(10,2)8-6-11(9)13/h6,8-11,13H,3-5,7H2,1-2H3. The number of hydrogen-bond donors (Lipinski definition) is 1. The van der Waals surface area contributed by atoms with Crippen LogP contribution in [0.4, 0.5) is 0 Å². The minimum atomic E-state index is -0.198. The molecular formula is C12H20O. The van der Waals surface area contributed by atoms with Gasteiger partial charge in [-0.25, -0.2) is 0 Å². The number of aliphatic hydroxyl groups is 1. The molecule has 4 unspecified atom stereocenters. The second-order valence-corrected chi connectivity index (χ2v) is 5.07. The molecule has 2 rings (SSSR count). The summed E-state index contributed by atoms with van der Waals surface area (Å²) in [6.07, 6.45) is 9.40. The monoisotopic (exact) mass is 180 g/mol. The van der Waals surface area contributed by atoms with Gasteiger partial charge in [0.05, 0.1) is 6.10 Å². The molecule has 4 atom stereocenters. The molecule has 1 fully saturated rings. The third kappa shape index (κ3) is 1.43. The summed E-state index contributed by atoms with van der Waals surface area (Å²) in [6, 6.07) is 0. The van der Waals surface area contributed by atoms with E-state index >= 15 is 0 Å². The van der Waals surface area contributed by atoms with Gasteiger partial charge in [-0.3, -0.25) is 0 Å². The van der Waals surface area contributed by atoms with E-state index in [9.17, 15) is 5.11 Å². The molecule has 0 saturated heterocycles. The first kappa shape index (κ1) is 9.26. The van der Waals surface area contributed by atoms with Crippen molar-refractivity contribution >= 4 is 0 Å². The van der Waals surface area contributed by atoms with Gasteiger partial charge in [-0.05, 0) is 30.1 Å². The molecule has 0 aliphatic heterocycles. The van der Waals surface area contributed by atoms with Crippen molar-refractivity contribution in [2.45, 2.75) is 45.6 Å². The van der Waals surface area contributed by atoms with Crippen LogP contribution in [0.25, 0.3) is 0 Å². The SMILES string of the molecule is CC1C(O)C=CC2(C)CCCCC12. The maximum atomic E-state index is 9.74. The summed E-state index contributed by atoms with van der Waals surface area (Å²) in [7, 11) is 0. The summed E-state index contributed by atoms with van der Waals surface area (Å²) < 4.78 is 0. The Kier molecular flexibility index (Phi) is 2.23. The van der Waals surface area contributed by atoms with Crippen LogP contribution >= 0.6 is 0 Å². The molecule has 1 heteroatoms. The van der Waals surface area contributed by atoms with Gasteiger partial charge in [0.2, 0.25) is 0 Å². The van der Waals surface area contributed by atoms with E-state index in [1.807, 2.05) is 6.08 Å². The zero-order valence-electron chi connectivity index (χ0n) is 8.66. The minimum Gasteiger partial charge on any atom is -0.389 e. The average Bonchev–Trinajstić information content (AvgIpc) is 2.12. The van der Waals surface area contributed by atoms with Crippen LogP contribution in [0.2, 0.25) is 0 Å². The van der Waals surface area contributed by atoms with Gasteiger partial charge in [0.25, 0.3) is 0 Å². The normalized spacial score (nSPS) is 50.2. The molecule has 1 N–H and O–H groups in total. The Hall–Kier alpha value is -0.300. The molecule has 2 aliphatic rings. The molecule has 0 spiro atoms. The summed E-state index contributed by atoms with van der Waals surface area (Å²) in [5.74, 6) is 1.16. The zero-order valence-corrected chi connectivity index (χ0v) is 8.66. The predicted molar refractivity (Wildman–Crippen MR) is 54.4 cm³/mol. The summed E-state index contributed by atoms with van der Waals surface area (Å²) >= 11 is 0. The fraction of sp³-hybridized carbons (Fsp3) is 0.833. The lowest BCUT2D eigenvalue weighted by Gasteiger charge is -2.46. The molecule has 1 saturated carbocycles. The van der Waals surface area contributed by atoms with Crippen molar-refractivity contribution in [3.8, 4) is 0 Å². The van der Waals surface area contributed by atoms with Crippen LogP contribution in [0.3, 0.4) is 0 Å². The Morgan fingerprint density at radius 2 is 2.15 bits per heavy atom. The fourth-order valence-electron chi connectivity index (χ4n) is 3.19. The van der Waals surface area contributed by atoms with Crippen LogP contribution < -0.4 is 0 Å². The Labute approximate surface area is 80.8 Å². The highest BCUT2D eigenvalue weighted by molar-refractivity contribution is 5.12. The first-order valence-corrected chi connectivity index (χ1v) is 5.51. The van der Waals surface area contributed by atoms with Gasteiger partial charge in [0.1, 0.15) is 0 Å².